The lowest BCUT2D eigenvalue weighted by Gasteiger charge is -2.17. The van der Waals surface area contributed by atoms with Crippen LogP contribution in [0.5, 0.6) is 11.6 Å². The van der Waals surface area contributed by atoms with E-state index in [0.29, 0.717) is 22.3 Å². The predicted molar refractivity (Wildman–Crippen MR) is 91.8 cm³/mol. The first kappa shape index (κ1) is 17.2. The van der Waals surface area contributed by atoms with Gasteiger partial charge in [0.1, 0.15) is 5.75 Å². The minimum Gasteiger partial charge on any atom is -0.439 e. The van der Waals surface area contributed by atoms with Crippen molar-refractivity contribution in [2.24, 2.45) is 11.7 Å². The van der Waals surface area contributed by atoms with Crippen molar-refractivity contribution in [3.05, 3.63) is 47.6 Å². The minimum atomic E-state index is -0.519. The van der Waals surface area contributed by atoms with Gasteiger partial charge in [0, 0.05) is 18.0 Å². The van der Waals surface area contributed by atoms with Crippen molar-refractivity contribution in [3.63, 3.8) is 0 Å². The van der Waals surface area contributed by atoms with Gasteiger partial charge in [0.2, 0.25) is 11.8 Å². The van der Waals surface area contributed by atoms with E-state index >= 15 is 0 Å². The molecule has 0 aliphatic rings. The van der Waals surface area contributed by atoms with Gasteiger partial charge in [-0.05, 0) is 36.2 Å². The molecule has 0 bridgehead atoms. The summed E-state index contributed by atoms with van der Waals surface area (Å²) in [6.45, 7) is 3.97. The van der Waals surface area contributed by atoms with Crippen LogP contribution in [0.2, 0.25) is 5.02 Å². The molecule has 0 saturated carbocycles. The molecule has 0 aliphatic heterocycles. The molecule has 0 fully saturated rings. The van der Waals surface area contributed by atoms with E-state index in [0.717, 1.165) is 6.42 Å². The number of rotatable bonds is 6. The topological polar surface area (TPSA) is 77.2 Å². The molecular weight excluding hydrogens is 314 g/mol. The Morgan fingerprint density at radius 3 is 2.57 bits per heavy atom. The molecule has 2 rings (SSSR count). The number of benzene rings is 1. The number of anilines is 1. The maximum Gasteiger partial charge on any atom is 0.241 e. The Bertz CT molecular complexity index is 644. The molecule has 6 heteroatoms. The van der Waals surface area contributed by atoms with Gasteiger partial charge < -0.3 is 15.8 Å². The molecular formula is C17H20ClN3O2. The summed E-state index contributed by atoms with van der Waals surface area (Å²) in [7, 11) is 0. The van der Waals surface area contributed by atoms with Gasteiger partial charge in [-0.25, -0.2) is 4.98 Å². The van der Waals surface area contributed by atoms with Crippen LogP contribution in [0.4, 0.5) is 5.69 Å². The smallest absolute Gasteiger partial charge is 0.241 e. The largest absolute Gasteiger partial charge is 0.439 e. The number of hydrogen-bond donors (Lipinski definition) is 2. The third kappa shape index (κ3) is 4.94. The number of nitrogens with two attached hydrogens (primary N) is 1. The molecule has 5 nitrogen and oxygen atoms in total. The first-order valence-electron chi connectivity index (χ1n) is 7.45. The van der Waals surface area contributed by atoms with Crippen LogP contribution in [0.3, 0.4) is 0 Å². The van der Waals surface area contributed by atoms with Crippen LogP contribution >= 0.6 is 11.6 Å². The molecule has 23 heavy (non-hydrogen) atoms. The Hall–Kier alpha value is -2.11. The molecule has 0 saturated heterocycles. The number of carbonyl (C=O) groups excluding carboxylic acids is 1. The highest BCUT2D eigenvalue weighted by Crippen LogP contribution is 2.22. The summed E-state index contributed by atoms with van der Waals surface area (Å²) in [4.78, 5) is 16.1. The number of nitrogens with zero attached hydrogens (tertiary/aromatic N) is 1. The standard InChI is InChI=1S/C17H20ClN3O2/c1-3-11(2)16(19)17(22)21-13-5-7-14(8-6-13)23-15-9-4-12(18)10-20-15/h4-11,16H,3,19H2,1-2H3,(H,21,22). The van der Waals surface area contributed by atoms with Crippen molar-refractivity contribution in [2.75, 3.05) is 5.32 Å². The van der Waals surface area contributed by atoms with Crippen LogP contribution < -0.4 is 15.8 Å². The Morgan fingerprint density at radius 2 is 2.00 bits per heavy atom. The highest BCUT2D eigenvalue weighted by molar-refractivity contribution is 6.30. The van der Waals surface area contributed by atoms with Crippen molar-refractivity contribution in [3.8, 4) is 11.6 Å². The molecule has 2 unspecified atom stereocenters. The average Bonchev–Trinajstić information content (AvgIpc) is 2.57. The summed E-state index contributed by atoms with van der Waals surface area (Å²) in [6.07, 6.45) is 2.37. The van der Waals surface area contributed by atoms with E-state index in [9.17, 15) is 4.79 Å². The molecule has 0 spiro atoms. The lowest BCUT2D eigenvalue weighted by Crippen LogP contribution is -2.40. The third-order valence-electron chi connectivity index (χ3n) is 3.60. The molecule has 0 aliphatic carbocycles. The van der Waals surface area contributed by atoms with E-state index in [-0.39, 0.29) is 11.8 Å². The molecule has 1 heterocycles. The van der Waals surface area contributed by atoms with Gasteiger partial charge >= 0.3 is 0 Å². The molecule has 122 valence electrons. The Morgan fingerprint density at radius 1 is 1.30 bits per heavy atom. The van der Waals surface area contributed by atoms with Crippen molar-refractivity contribution in [2.45, 2.75) is 26.3 Å². The molecule has 2 aromatic rings. The van der Waals surface area contributed by atoms with E-state index in [1.165, 1.54) is 6.20 Å². The maximum absolute atomic E-state index is 12.0. The summed E-state index contributed by atoms with van der Waals surface area (Å²) < 4.78 is 5.59. The molecule has 1 amide bonds. The van der Waals surface area contributed by atoms with Crippen molar-refractivity contribution < 1.29 is 9.53 Å². The number of amides is 1. The lowest BCUT2D eigenvalue weighted by atomic mass is 9.99. The molecule has 2 atom stereocenters. The number of halogens is 1. The van der Waals surface area contributed by atoms with Gasteiger partial charge in [0.05, 0.1) is 11.1 Å². The van der Waals surface area contributed by atoms with Crippen LogP contribution in [0.1, 0.15) is 20.3 Å². The number of carbonyl (C=O) groups is 1. The van der Waals surface area contributed by atoms with Gasteiger partial charge in [-0.3, -0.25) is 4.79 Å². The third-order valence-corrected chi connectivity index (χ3v) is 3.83. The number of pyridine rings is 1. The van der Waals surface area contributed by atoms with E-state index in [4.69, 9.17) is 22.1 Å². The lowest BCUT2D eigenvalue weighted by molar-refractivity contribution is -0.118. The molecule has 1 aromatic carbocycles. The molecule has 1 aromatic heterocycles. The van der Waals surface area contributed by atoms with Crippen LogP contribution in [-0.4, -0.2) is 16.9 Å². The zero-order valence-electron chi connectivity index (χ0n) is 13.1. The van der Waals surface area contributed by atoms with Gasteiger partial charge in [-0.15, -0.1) is 0 Å². The van der Waals surface area contributed by atoms with Gasteiger partial charge in [0.15, 0.2) is 0 Å². The van der Waals surface area contributed by atoms with E-state index < -0.39 is 6.04 Å². The minimum absolute atomic E-state index is 0.133. The van der Waals surface area contributed by atoms with Gasteiger partial charge in [-0.2, -0.15) is 0 Å². The van der Waals surface area contributed by atoms with Crippen molar-refractivity contribution >= 4 is 23.2 Å². The Labute approximate surface area is 140 Å². The van der Waals surface area contributed by atoms with Crippen LogP contribution in [0.25, 0.3) is 0 Å². The SMILES string of the molecule is CCC(C)C(N)C(=O)Nc1ccc(Oc2ccc(Cl)cn2)cc1. The summed E-state index contributed by atoms with van der Waals surface area (Å²) in [6, 6.07) is 9.88. The summed E-state index contributed by atoms with van der Waals surface area (Å²) in [5.74, 6) is 1.01. The van der Waals surface area contributed by atoms with Crippen molar-refractivity contribution in [1.82, 2.24) is 4.98 Å². The molecule has 0 radical (unpaired) electrons. The summed E-state index contributed by atoms with van der Waals surface area (Å²) in [5.41, 5.74) is 6.58. The highest BCUT2D eigenvalue weighted by atomic mass is 35.5. The zero-order valence-corrected chi connectivity index (χ0v) is 13.9. The second kappa shape index (κ2) is 7.94. The first-order chi connectivity index (χ1) is 11.0. The Kier molecular flexibility index (Phi) is 5.96. The van der Waals surface area contributed by atoms with Gasteiger partial charge in [-0.1, -0.05) is 31.9 Å². The fourth-order valence-electron chi connectivity index (χ4n) is 1.89. The maximum atomic E-state index is 12.0. The van der Waals surface area contributed by atoms with Crippen LogP contribution in [0, 0.1) is 5.92 Å². The van der Waals surface area contributed by atoms with Crippen LogP contribution in [0.15, 0.2) is 42.6 Å². The second-order valence-electron chi connectivity index (χ2n) is 5.34. The number of hydrogen-bond acceptors (Lipinski definition) is 4. The Balaban J connectivity index is 1.96. The number of aromatic nitrogens is 1. The highest BCUT2D eigenvalue weighted by Gasteiger charge is 2.19. The van der Waals surface area contributed by atoms with Crippen LogP contribution in [-0.2, 0) is 4.79 Å². The number of ether oxygens (including phenoxy) is 1. The van der Waals surface area contributed by atoms with E-state index in [1.54, 1.807) is 36.4 Å². The quantitative estimate of drug-likeness (QED) is 0.842. The fraction of sp³-hybridized carbons (Fsp3) is 0.294. The molecule has 3 N–H and O–H groups in total. The first-order valence-corrected chi connectivity index (χ1v) is 7.83. The normalized spacial score (nSPS) is 13.2. The van der Waals surface area contributed by atoms with E-state index in [1.807, 2.05) is 13.8 Å². The summed E-state index contributed by atoms with van der Waals surface area (Å²) in [5, 5.41) is 3.35. The van der Waals surface area contributed by atoms with Gasteiger partial charge in [0.25, 0.3) is 0 Å². The monoisotopic (exact) mass is 333 g/mol. The fourth-order valence-corrected chi connectivity index (χ4v) is 2.00. The number of nitrogens with one attached hydrogen (secondary N) is 1. The average molecular weight is 334 g/mol. The predicted octanol–water partition coefficient (Wildman–Crippen LogP) is 3.84. The second-order valence-corrected chi connectivity index (χ2v) is 5.78. The summed E-state index contributed by atoms with van der Waals surface area (Å²) >= 11 is 5.77. The zero-order chi connectivity index (χ0) is 16.8. The van der Waals surface area contributed by atoms with Crippen molar-refractivity contribution in [1.29, 1.82) is 0 Å². The van der Waals surface area contributed by atoms with E-state index in [2.05, 4.69) is 10.3 Å².